The Morgan fingerprint density at radius 2 is 1.88 bits per heavy atom. The van der Waals surface area contributed by atoms with E-state index in [1.807, 2.05) is 47.8 Å². The van der Waals surface area contributed by atoms with Gasteiger partial charge >= 0.3 is 0 Å². The first-order valence-electron chi connectivity index (χ1n) is 11.2. The van der Waals surface area contributed by atoms with Crippen LogP contribution in [-0.2, 0) is 9.53 Å². The van der Waals surface area contributed by atoms with E-state index >= 15 is 0 Å². The zero-order chi connectivity index (χ0) is 23.9. The van der Waals surface area contributed by atoms with Gasteiger partial charge in [0.1, 0.15) is 0 Å². The highest BCUT2D eigenvalue weighted by Crippen LogP contribution is 2.34. The summed E-state index contributed by atoms with van der Waals surface area (Å²) < 4.78 is 16.4. The van der Waals surface area contributed by atoms with Crippen LogP contribution in [-0.4, -0.2) is 45.3 Å². The maximum absolute atomic E-state index is 13.9. The third-order valence-corrected chi connectivity index (χ3v) is 6.66. The predicted octanol–water partition coefficient (Wildman–Crippen LogP) is 4.45. The number of nitrogens with one attached hydrogen (secondary N) is 1. The first kappa shape index (κ1) is 23.8. The van der Waals surface area contributed by atoms with E-state index in [4.69, 9.17) is 14.2 Å². The number of hydrogen-bond acceptors (Lipinski definition) is 6. The van der Waals surface area contributed by atoms with E-state index in [0.717, 1.165) is 17.7 Å². The van der Waals surface area contributed by atoms with Gasteiger partial charge in [-0.2, -0.15) is 0 Å². The average Bonchev–Trinajstić information content (AvgIpc) is 3.60. The molecule has 1 N–H and O–H groups in total. The summed E-state index contributed by atoms with van der Waals surface area (Å²) in [7, 11) is 3.06. The van der Waals surface area contributed by atoms with E-state index in [-0.39, 0.29) is 17.9 Å². The van der Waals surface area contributed by atoms with E-state index < -0.39 is 6.04 Å². The van der Waals surface area contributed by atoms with Crippen LogP contribution in [0.5, 0.6) is 11.5 Å². The zero-order valence-corrected chi connectivity index (χ0v) is 20.0. The maximum atomic E-state index is 13.9. The van der Waals surface area contributed by atoms with Crippen molar-refractivity contribution in [2.24, 2.45) is 0 Å². The minimum atomic E-state index is -0.843. The number of nitrogens with zero attached hydrogens (tertiary/aromatic N) is 1. The van der Waals surface area contributed by atoms with Gasteiger partial charge in [0.15, 0.2) is 17.5 Å². The average molecular weight is 481 g/mol. The molecule has 0 unspecified atom stereocenters. The highest BCUT2D eigenvalue weighted by molar-refractivity contribution is 7.10. The van der Waals surface area contributed by atoms with Crippen LogP contribution in [0.2, 0.25) is 0 Å². The molecular weight excluding hydrogens is 452 g/mol. The van der Waals surface area contributed by atoms with Gasteiger partial charge in [-0.1, -0.05) is 24.3 Å². The second-order valence-electron chi connectivity index (χ2n) is 7.88. The molecule has 1 saturated heterocycles. The van der Waals surface area contributed by atoms with Crippen LogP contribution in [0, 0.1) is 0 Å². The monoisotopic (exact) mass is 480 g/mol. The molecule has 0 spiro atoms. The highest BCUT2D eigenvalue weighted by Gasteiger charge is 2.35. The Balaban J connectivity index is 1.72. The molecule has 0 saturated carbocycles. The molecule has 1 fully saturated rings. The Bertz CT molecular complexity index is 1100. The van der Waals surface area contributed by atoms with Gasteiger partial charge in [-0.15, -0.1) is 11.3 Å². The molecule has 7 nitrogen and oxygen atoms in total. The van der Waals surface area contributed by atoms with Crippen molar-refractivity contribution in [3.8, 4) is 11.5 Å². The number of benzene rings is 2. The molecule has 3 aromatic rings. The van der Waals surface area contributed by atoms with Crippen molar-refractivity contribution in [1.82, 2.24) is 5.32 Å². The van der Waals surface area contributed by atoms with Crippen LogP contribution in [0.1, 0.15) is 34.1 Å². The van der Waals surface area contributed by atoms with Crippen molar-refractivity contribution < 1.29 is 23.8 Å². The van der Waals surface area contributed by atoms with Crippen molar-refractivity contribution in [3.63, 3.8) is 0 Å². The van der Waals surface area contributed by atoms with E-state index in [0.29, 0.717) is 35.9 Å². The molecule has 0 radical (unpaired) electrons. The van der Waals surface area contributed by atoms with Crippen LogP contribution in [0.15, 0.2) is 66.0 Å². The number of rotatable bonds is 9. The number of carbonyl (C=O) groups excluding carboxylic acids is 2. The van der Waals surface area contributed by atoms with E-state index in [2.05, 4.69) is 5.32 Å². The lowest BCUT2D eigenvalue weighted by atomic mass is 10.1. The van der Waals surface area contributed by atoms with Gasteiger partial charge < -0.3 is 19.5 Å². The molecule has 4 rings (SSSR count). The van der Waals surface area contributed by atoms with Gasteiger partial charge in [-0.25, -0.2) is 0 Å². The molecule has 178 valence electrons. The number of ether oxygens (including phenoxy) is 3. The highest BCUT2D eigenvalue weighted by atomic mass is 32.1. The molecule has 1 aliphatic heterocycles. The summed E-state index contributed by atoms with van der Waals surface area (Å²) in [5, 5.41) is 4.92. The summed E-state index contributed by atoms with van der Waals surface area (Å²) in [6.07, 6.45) is 1.90. The lowest BCUT2D eigenvalue weighted by Gasteiger charge is -2.31. The Hall–Kier alpha value is -3.36. The van der Waals surface area contributed by atoms with E-state index in [1.54, 1.807) is 25.3 Å². The van der Waals surface area contributed by atoms with Crippen molar-refractivity contribution in [2.75, 3.05) is 32.3 Å². The standard InChI is InChI=1S/C26H28N2O5S/c1-31-21-13-12-18(16-22(21)32-2)26(30)28(19-8-4-3-5-9-19)24(23-11-7-15-34-23)25(29)27-17-20-10-6-14-33-20/h3-5,7-9,11-13,15-16,20,24H,6,10,14,17H2,1-2H3,(H,27,29)/t20-,24-/m0/s1. The Morgan fingerprint density at radius 1 is 1.09 bits per heavy atom. The summed E-state index contributed by atoms with van der Waals surface area (Å²) >= 11 is 1.44. The minimum Gasteiger partial charge on any atom is -0.493 e. The molecule has 2 amide bonds. The van der Waals surface area contributed by atoms with Gasteiger partial charge in [0.25, 0.3) is 5.91 Å². The second kappa shape index (κ2) is 11.2. The Morgan fingerprint density at radius 3 is 2.53 bits per heavy atom. The fourth-order valence-electron chi connectivity index (χ4n) is 4.02. The molecule has 2 atom stereocenters. The number of hydrogen-bond donors (Lipinski definition) is 1. The van der Waals surface area contributed by atoms with Crippen LogP contribution < -0.4 is 19.7 Å². The van der Waals surface area contributed by atoms with Crippen LogP contribution >= 0.6 is 11.3 Å². The number of carbonyl (C=O) groups is 2. The van der Waals surface area contributed by atoms with Crippen molar-refractivity contribution in [3.05, 3.63) is 76.5 Å². The molecule has 0 aliphatic carbocycles. The SMILES string of the molecule is COc1ccc(C(=O)N(c2ccccc2)[C@H](C(=O)NC[C@@H]2CCCO2)c2cccs2)cc1OC. The van der Waals surface area contributed by atoms with Crippen molar-refractivity contribution >= 4 is 28.8 Å². The summed E-state index contributed by atoms with van der Waals surface area (Å²) in [5.41, 5.74) is 1.00. The van der Waals surface area contributed by atoms with Gasteiger partial charge in [-0.05, 0) is 54.6 Å². The van der Waals surface area contributed by atoms with Crippen LogP contribution in [0.3, 0.4) is 0 Å². The quantitative estimate of drug-likeness (QED) is 0.490. The van der Waals surface area contributed by atoms with E-state index in [1.165, 1.54) is 23.3 Å². The first-order chi connectivity index (χ1) is 16.6. The number of thiophene rings is 1. The van der Waals surface area contributed by atoms with Crippen LogP contribution in [0.4, 0.5) is 5.69 Å². The third kappa shape index (κ3) is 5.24. The largest absolute Gasteiger partial charge is 0.493 e. The normalized spacial score (nSPS) is 16.0. The maximum Gasteiger partial charge on any atom is 0.259 e. The molecule has 2 aromatic carbocycles. The molecule has 1 aromatic heterocycles. The molecular formula is C26H28N2O5S. The van der Waals surface area contributed by atoms with E-state index in [9.17, 15) is 9.59 Å². The number of para-hydroxylation sites is 1. The van der Waals surface area contributed by atoms with Gasteiger partial charge in [-0.3, -0.25) is 14.5 Å². The van der Waals surface area contributed by atoms with Crippen LogP contribution in [0.25, 0.3) is 0 Å². The summed E-state index contributed by atoms with van der Waals surface area (Å²) in [5.74, 6) is 0.389. The Kier molecular flexibility index (Phi) is 7.82. The number of anilines is 1. The van der Waals surface area contributed by atoms with Crippen molar-refractivity contribution in [1.29, 1.82) is 0 Å². The molecule has 2 heterocycles. The van der Waals surface area contributed by atoms with Gasteiger partial charge in [0.05, 0.1) is 20.3 Å². The molecule has 0 bridgehead atoms. The summed E-state index contributed by atoms with van der Waals surface area (Å²) in [4.78, 5) is 29.8. The van der Waals surface area contributed by atoms with Crippen molar-refractivity contribution in [2.45, 2.75) is 25.0 Å². The first-order valence-corrected chi connectivity index (χ1v) is 12.0. The summed E-state index contributed by atoms with van der Waals surface area (Å²) in [6, 6.07) is 17.1. The fourth-order valence-corrected chi connectivity index (χ4v) is 4.83. The number of amides is 2. The fraction of sp³-hybridized carbons (Fsp3) is 0.308. The smallest absolute Gasteiger partial charge is 0.259 e. The molecule has 1 aliphatic rings. The van der Waals surface area contributed by atoms with Gasteiger partial charge in [0, 0.05) is 29.3 Å². The lowest BCUT2D eigenvalue weighted by Crippen LogP contribution is -2.45. The predicted molar refractivity (Wildman–Crippen MR) is 132 cm³/mol. The molecule has 34 heavy (non-hydrogen) atoms. The number of methoxy groups -OCH3 is 2. The topological polar surface area (TPSA) is 77.1 Å². The minimum absolute atomic E-state index is 0.000313. The zero-order valence-electron chi connectivity index (χ0n) is 19.2. The van der Waals surface area contributed by atoms with Gasteiger partial charge in [0.2, 0.25) is 5.91 Å². The Labute approximate surface area is 203 Å². The molecule has 8 heteroatoms. The third-order valence-electron chi connectivity index (χ3n) is 5.73. The second-order valence-corrected chi connectivity index (χ2v) is 8.86. The lowest BCUT2D eigenvalue weighted by molar-refractivity contribution is -0.122. The summed E-state index contributed by atoms with van der Waals surface area (Å²) in [6.45, 7) is 1.12.